The van der Waals surface area contributed by atoms with Crippen LogP contribution < -0.4 is 0 Å². The molecule has 0 aromatic rings. The van der Waals surface area contributed by atoms with Crippen LogP contribution in [-0.4, -0.2) is 14.2 Å². The van der Waals surface area contributed by atoms with E-state index < -0.39 is 10.7 Å². The zero-order valence-electron chi connectivity index (χ0n) is 6.21. The lowest BCUT2D eigenvalue weighted by atomic mass is 10.2. The van der Waals surface area contributed by atoms with Crippen molar-refractivity contribution in [2.24, 2.45) is 0 Å². The fraction of sp³-hybridized carbons (Fsp3) is 1.00. The molecule has 0 spiro atoms. The molecule has 0 heterocycles. The molecule has 0 aliphatic heterocycles. The van der Waals surface area contributed by atoms with E-state index >= 15 is 0 Å². The quantitative estimate of drug-likeness (QED) is 0.499. The van der Waals surface area contributed by atoms with Crippen LogP contribution in [0.5, 0.6) is 0 Å². The molecule has 64 valence electrons. The summed E-state index contributed by atoms with van der Waals surface area (Å²) in [5.74, 6) is 0.370. The molecule has 0 bridgehead atoms. The lowest BCUT2D eigenvalue weighted by Crippen LogP contribution is -1.86. The van der Waals surface area contributed by atoms with Crippen molar-refractivity contribution in [3.8, 4) is 0 Å². The zero-order chi connectivity index (χ0) is 7.11. The lowest BCUT2D eigenvalue weighted by molar-refractivity contribution is 0.607. The second-order valence-electron chi connectivity index (χ2n) is 2.12. The summed E-state index contributed by atoms with van der Waals surface area (Å²) in [5.41, 5.74) is 0. The molecule has 0 unspecified atom stereocenters. The largest absolute Gasteiger partial charge is 0.269 e. The first-order chi connectivity index (χ1) is 4.27. The summed E-state index contributed by atoms with van der Waals surface area (Å²) >= 11 is 0. The van der Waals surface area contributed by atoms with Gasteiger partial charge in [0.2, 0.25) is 0 Å². The summed E-state index contributed by atoms with van der Waals surface area (Å²) in [6, 6.07) is 0. The summed E-state index contributed by atoms with van der Waals surface area (Å²) in [6.07, 6.45) is 4.21. The van der Waals surface area contributed by atoms with E-state index in [0.29, 0.717) is 5.75 Å². The van der Waals surface area contributed by atoms with Crippen molar-refractivity contribution in [1.29, 1.82) is 0 Å². The van der Waals surface area contributed by atoms with Gasteiger partial charge in [-0.25, -0.2) is 8.42 Å². The van der Waals surface area contributed by atoms with Crippen LogP contribution in [0.15, 0.2) is 0 Å². The van der Waals surface area contributed by atoms with Gasteiger partial charge in [-0.05, 0) is 6.42 Å². The monoisotopic (exact) mass is 170 g/mol. The topological polar surface area (TPSA) is 34.1 Å². The van der Waals surface area contributed by atoms with Gasteiger partial charge >= 0.3 is 0 Å². The molecule has 0 N–H and O–H groups in total. The number of halogens is 1. The van der Waals surface area contributed by atoms with Crippen LogP contribution in [0.25, 0.3) is 0 Å². The van der Waals surface area contributed by atoms with Gasteiger partial charge < -0.3 is 0 Å². The first-order valence-corrected chi connectivity index (χ1v) is 4.75. The van der Waals surface area contributed by atoms with E-state index in [2.05, 4.69) is 6.92 Å². The van der Waals surface area contributed by atoms with E-state index in [1.54, 1.807) is 0 Å². The molecule has 0 atom stereocenters. The van der Waals surface area contributed by atoms with Crippen molar-refractivity contribution in [3.63, 3.8) is 0 Å². The van der Waals surface area contributed by atoms with E-state index in [4.69, 9.17) is 0 Å². The Balaban J connectivity index is 0. The predicted octanol–water partition coefficient (Wildman–Crippen LogP) is 1.33. The Labute approximate surface area is 62.9 Å². The van der Waals surface area contributed by atoms with Gasteiger partial charge in [0.15, 0.2) is 0 Å². The minimum atomic E-state index is -2.12. The summed E-state index contributed by atoms with van der Waals surface area (Å²) < 4.78 is 20.0. The summed E-state index contributed by atoms with van der Waals surface area (Å²) in [5, 5.41) is 0. The minimum Gasteiger partial charge on any atom is -0.269 e. The molecule has 0 aliphatic carbocycles. The maximum absolute atomic E-state index is 10.00. The third-order valence-corrected chi connectivity index (χ3v) is 1.88. The molecule has 0 amide bonds. The summed E-state index contributed by atoms with van der Waals surface area (Å²) in [4.78, 5) is 0. The number of hydrogen-bond donors (Lipinski definition) is 1. The van der Waals surface area contributed by atoms with Crippen molar-refractivity contribution in [3.05, 3.63) is 0 Å². The van der Waals surface area contributed by atoms with Crippen LogP contribution in [0.3, 0.4) is 0 Å². The van der Waals surface area contributed by atoms with Gasteiger partial charge in [0.1, 0.15) is 10.7 Å². The lowest BCUT2D eigenvalue weighted by Gasteiger charge is -1.90. The van der Waals surface area contributed by atoms with Crippen LogP contribution in [0.2, 0.25) is 0 Å². The highest BCUT2D eigenvalue weighted by Gasteiger charge is 1.87. The third kappa shape index (κ3) is 10.8. The first-order valence-electron chi connectivity index (χ1n) is 3.39. The molecule has 0 aliphatic rings. The maximum atomic E-state index is 10.00. The minimum absolute atomic E-state index is 0. The molecule has 2 nitrogen and oxygen atoms in total. The highest BCUT2D eigenvalue weighted by molar-refractivity contribution is 7.72. The third-order valence-electron chi connectivity index (χ3n) is 1.19. The van der Waals surface area contributed by atoms with Crippen molar-refractivity contribution in [2.45, 2.75) is 32.6 Å². The Morgan fingerprint density at radius 3 is 2.10 bits per heavy atom. The standard InChI is InChI=1S/C6H14O2S.FH/c1-2-3-4-5-6-9(7)8;/h9H,2-6H2,1H3;1H. The van der Waals surface area contributed by atoms with Crippen LogP contribution in [0.4, 0.5) is 4.70 Å². The van der Waals surface area contributed by atoms with E-state index in [0.717, 1.165) is 25.7 Å². The second kappa shape index (κ2) is 8.88. The van der Waals surface area contributed by atoms with Crippen molar-refractivity contribution < 1.29 is 13.1 Å². The fourth-order valence-corrected chi connectivity index (χ4v) is 1.15. The average Bonchev–Trinajstić information content (AvgIpc) is 1.80. The molecule has 4 heteroatoms. The molecule has 0 saturated heterocycles. The smallest absolute Gasteiger partial charge is 0.140 e. The van der Waals surface area contributed by atoms with Gasteiger partial charge in [0.05, 0.1) is 0 Å². The van der Waals surface area contributed by atoms with Crippen LogP contribution in [0, 0.1) is 0 Å². The number of unbranched alkanes of at least 4 members (excludes halogenated alkanes) is 3. The van der Waals surface area contributed by atoms with Crippen LogP contribution >= 0.6 is 0 Å². The summed E-state index contributed by atoms with van der Waals surface area (Å²) in [6.45, 7) is 2.11. The molecule has 10 heavy (non-hydrogen) atoms. The molecular weight excluding hydrogens is 155 g/mol. The molecule has 0 saturated carbocycles. The van der Waals surface area contributed by atoms with E-state index in [1.165, 1.54) is 0 Å². The summed E-state index contributed by atoms with van der Waals surface area (Å²) in [7, 11) is -2.12. The van der Waals surface area contributed by atoms with Gasteiger partial charge in [-0.3, -0.25) is 4.70 Å². The maximum Gasteiger partial charge on any atom is 0.140 e. The fourth-order valence-electron chi connectivity index (χ4n) is 0.668. The van der Waals surface area contributed by atoms with Crippen molar-refractivity contribution in [2.75, 3.05) is 5.75 Å². The van der Waals surface area contributed by atoms with Gasteiger partial charge in [-0.15, -0.1) is 0 Å². The Morgan fingerprint density at radius 1 is 1.10 bits per heavy atom. The van der Waals surface area contributed by atoms with E-state index in [-0.39, 0.29) is 4.70 Å². The second-order valence-corrected chi connectivity index (χ2v) is 3.23. The highest BCUT2D eigenvalue weighted by Crippen LogP contribution is 1.97. The molecule has 0 aromatic heterocycles. The van der Waals surface area contributed by atoms with Gasteiger partial charge in [-0.2, -0.15) is 0 Å². The molecule has 0 rings (SSSR count). The number of hydrogen-bond acceptors (Lipinski definition) is 2. The molecular formula is C6H15FO2S. The van der Waals surface area contributed by atoms with E-state index in [1.807, 2.05) is 0 Å². The van der Waals surface area contributed by atoms with Gasteiger partial charge in [-0.1, -0.05) is 26.2 Å². The van der Waals surface area contributed by atoms with Gasteiger partial charge in [0, 0.05) is 5.75 Å². The van der Waals surface area contributed by atoms with Crippen LogP contribution in [-0.2, 0) is 10.7 Å². The Bertz CT molecular complexity index is 115. The van der Waals surface area contributed by atoms with Gasteiger partial charge in [0.25, 0.3) is 0 Å². The molecule has 0 radical (unpaired) electrons. The Hall–Kier alpha value is -0.120. The Morgan fingerprint density at radius 2 is 1.70 bits per heavy atom. The zero-order valence-corrected chi connectivity index (χ0v) is 7.10. The van der Waals surface area contributed by atoms with Crippen molar-refractivity contribution in [1.82, 2.24) is 0 Å². The molecule has 0 fully saturated rings. The van der Waals surface area contributed by atoms with Crippen LogP contribution in [0.1, 0.15) is 32.6 Å². The number of rotatable bonds is 5. The van der Waals surface area contributed by atoms with Crippen molar-refractivity contribution >= 4 is 10.7 Å². The van der Waals surface area contributed by atoms with E-state index in [9.17, 15) is 8.42 Å². The first kappa shape index (κ1) is 12.5. The normalized spacial score (nSPS) is 9.40. The Kier molecular flexibility index (Phi) is 11.1. The SMILES string of the molecule is CCCCCC[SH](=O)=O.F. The number of thiol groups is 1. The average molecular weight is 170 g/mol. The molecule has 0 aromatic carbocycles. The predicted molar refractivity (Wildman–Crippen MR) is 41.8 cm³/mol. The highest BCUT2D eigenvalue weighted by atomic mass is 32.2.